The molecule has 0 aromatic heterocycles. The lowest BCUT2D eigenvalue weighted by Crippen LogP contribution is -2.60. The highest BCUT2D eigenvalue weighted by Gasteiger charge is 2.46. The van der Waals surface area contributed by atoms with Crippen molar-refractivity contribution in [3.8, 4) is 0 Å². The van der Waals surface area contributed by atoms with E-state index in [2.05, 4.69) is 35.1 Å². The van der Waals surface area contributed by atoms with E-state index in [4.69, 9.17) is 0 Å². The predicted molar refractivity (Wildman–Crippen MR) is 121 cm³/mol. The molecular formula is C25H44N4O. The van der Waals surface area contributed by atoms with Gasteiger partial charge in [0.25, 0.3) is 0 Å². The molecule has 5 aliphatic rings. The summed E-state index contributed by atoms with van der Waals surface area (Å²) in [7, 11) is 0. The molecule has 9 atom stereocenters. The van der Waals surface area contributed by atoms with Gasteiger partial charge in [0.05, 0.1) is 6.04 Å². The largest absolute Gasteiger partial charge is 0.350 e. The van der Waals surface area contributed by atoms with Crippen LogP contribution in [0.15, 0.2) is 0 Å². The fourth-order valence-corrected chi connectivity index (χ4v) is 7.41. The van der Waals surface area contributed by atoms with Crippen molar-refractivity contribution in [2.75, 3.05) is 19.6 Å². The van der Waals surface area contributed by atoms with Crippen LogP contribution in [0.2, 0.25) is 0 Å². The van der Waals surface area contributed by atoms with E-state index in [1.807, 2.05) is 0 Å². The van der Waals surface area contributed by atoms with Crippen LogP contribution in [0.25, 0.3) is 0 Å². The Balaban J connectivity index is 1.18. The summed E-state index contributed by atoms with van der Waals surface area (Å²) in [6.45, 7) is 8.30. The minimum atomic E-state index is 0.0294. The van der Waals surface area contributed by atoms with Crippen molar-refractivity contribution in [1.82, 2.24) is 21.3 Å². The van der Waals surface area contributed by atoms with Gasteiger partial charge >= 0.3 is 0 Å². The van der Waals surface area contributed by atoms with Crippen LogP contribution in [0.5, 0.6) is 0 Å². The van der Waals surface area contributed by atoms with Gasteiger partial charge in [-0.1, -0.05) is 20.3 Å². The van der Waals surface area contributed by atoms with E-state index in [-0.39, 0.29) is 11.9 Å². The molecule has 1 amide bonds. The van der Waals surface area contributed by atoms with Crippen molar-refractivity contribution in [3.63, 3.8) is 0 Å². The van der Waals surface area contributed by atoms with E-state index in [1.165, 1.54) is 64.5 Å². The van der Waals surface area contributed by atoms with Crippen molar-refractivity contribution in [3.05, 3.63) is 0 Å². The Morgan fingerprint density at radius 2 is 1.73 bits per heavy atom. The molecule has 2 saturated carbocycles. The maximum atomic E-state index is 13.3. The van der Waals surface area contributed by atoms with Crippen LogP contribution in [0.1, 0.15) is 71.6 Å². The summed E-state index contributed by atoms with van der Waals surface area (Å²) < 4.78 is 0. The van der Waals surface area contributed by atoms with Gasteiger partial charge in [0.1, 0.15) is 0 Å². The van der Waals surface area contributed by atoms with Gasteiger partial charge in [-0.25, -0.2) is 0 Å². The lowest BCUT2D eigenvalue weighted by molar-refractivity contribution is -0.124. The van der Waals surface area contributed by atoms with Crippen LogP contribution in [0.4, 0.5) is 0 Å². The maximum absolute atomic E-state index is 13.3. The average Bonchev–Trinajstić information content (AvgIpc) is 3.50. The van der Waals surface area contributed by atoms with Crippen LogP contribution in [-0.2, 0) is 4.79 Å². The van der Waals surface area contributed by atoms with Crippen molar-refractivity contribution in [2.45, 2.75) is 95.8 Å². The molecule has 0 aromatic rings. The van der Waals surface area contributed by atoms with E-state index < -0.39 is 0 Å². The van der Waals surface area contributed by atoms with E-state index >= 15 is 0 Å². The molecule has 30 heavy (non-hydrogen) atoms. The summed E-state index contributed by atoms with van der Waals surface area (Å²) in [5, 5.41) is 14.8. The zero-order valence-electron chi connectivity index (χ0n) is 19.2. The first kappa shape index (κ1) is 21.2. The molecule has 4 N–H and O–H groups in total. The number of carbonyl (C=O) groups excluding carboxylic acids is 1. The molecule has 0 spiro atoms. The second-order valence-corrected chi connectivity index (χ2v) is 11.5. The molecule has 5 fully saturated rings. The third-order valence-electron chi connectivity index (χ3n) is 9.33. The van der Waals surface area contributed by atoms with Crippen molar-refractivity contribution in [2.24, 2.45) is 35.5 Å². The van der Waals surface area contributed by atoms with Gasteiger partial charge in [-0.3, -0.25) is 4.79 Å². The van der Waals surface area contributed by atoms with Crippen LogP contribution in [0, 0.1) is 35.5 Å². The van der Waals surface area contributed by atoms with Gasteiger partial charge in [-0.2, -0.15) is 0 Å². The Bertz CT molecular complexity index is 602. The summed E-state index contributed by atoms with van der Waals surface area (Å²) in [5.41, 5.74) is 0. The van der Waals surface area contributed by atoms with Crippen molar-refractivity contribution in [1.29, 1.82) is 0 Å². The van der Waals surface area contributed by atoms with E-state index in [0.717, 1.165) is 24.8 Å². The van der Waals surface area contributed by atoms with Gasteiger partial charge < -0.3 is 21.3 Å². The van der Waals surface area contributed by atoms with Crippen molar-refractivity contribution >= 4 is 5.91 Å². The zero-order chi connectivity index (χ0) is 20.7. The normalized spacial score (nSPS) is 45.5. The van der Waals surface area contributed by atoms with Gasteiger partial charge in [0.15, 0.2) is 0 Å². The lowest BCUT2D eigenvalue weighted by atomic mass is 9.74. The number of piperidine rings is 2. The fourth-order valence-electron chi connectivity index (χ4n) is 7.41. The number of fused-ring (bicyclic) bond motifs is 1. The molecule has 3 saturated heterocycles. The number of rotatable bonds is 5. The number of nitrogens with one attached hydrogen (secondary N) is 4. The quantitative estimate of drug-likeness (QED) is 0.556. The van der Waals surface area contributed by atoms with E-state index in [0.29, 0.717) is 41.8 Å². The number of hydrogen-bond acceptors (Lipinski definition) is 4. The Morgan fingerprint density at radius 3 is 2.43 bits per heavy atom. The van der Waals surface area contributed by atoms with Crippen molar-refractivity contribution < 1.29 is 4.79 Å². The maximum Gasteiger partial charge on any atom is 0.237 e. The number of hydrogen-bond donors (Lipinski definition) is 4. The second-order valence-electron chi connectivity index (χ2n) is 11.5. The molecule has 170 valence electrons. The monoisotopic (exact) mass is 416 g/mol. The molecule has 3 heterocycles. The Kier molecular flexibility index (Phi) is 6.41. The van der Waals surface area contributed by atoms with Gasteiger partial charge in [-0.05, 0) is 107 Å². The summed E-state index contributed by atoms with van der Waals surface area (Å²) in [6, 6.07) is 1.35. The molecule has 0 radical (unpaired) electrons. The first-order chi connectivity index (χ1) is 14.6. The van der Waals surface area contributed by atoms with E-state index in [9.17, 15) is 4.79 Å². The molecule has 5 heteroatoms. The molecule has 2 aliphatic carbocycles. The molecule has 9 unspecified atom stereocenters. The number of amides is 1. The summed E-state index contributed by atoms with van der Waals surface area (Å²) in [6.07, 6.45) is 11.6. The first-order valence-electron chi connectivity index (χ1n) is 13.1. The minimum absolute atomic E-state index is 0.0294. The molecule has 3 aliphatic heterocycles. The Morgan fingerprint density at radius 1 is 0.900 bits per heavy atom. The highest BCUT2D eigenvalue weighted by molar-refractivity contribution is 5.82. The Labute approximate surface area is 183 Å². The smallest absolute Gasteiger partial charge is 0.237 e. The standard InChI is InChI=1S/C25H44N4O/c1-15-5-3-6-18-12-21(28-22(15)18)25(30)29-24(17-8-9-17)23-16(2)11-20(14-27-23)19-7-4-10-26-13-19/h15-24,26-28H,3-14H2,1-2H3,(H,29,30). The molecular weight excluding hydrogens is 372 g/mol. The zero-order valence-corrected chi connectivity index (χ0v) is 19.2. The van der Waals surface area contributed by atoms with Gasteiger partial charge in [0.2, 0.25) is 5.91 Å². The molecule has 5 rings (SSSR count). The molecule has 5 nitrogen and oxygen atoms in total. The van der Waals surface area contributed by atoms with E-state index in [1.54, 1.807) is 0 Å². The Hall–Kier alpha value is -0.650. The number of carbonyl (C=O) groups is 1. The third kappa shape index (κ3) is 4.45. The SMILES string of the molecule is CC1CCCC2CC(C(=O)NC(C3CC3)C3NCC(C4CCCNC4)CC3C)NC12. The van der Waals surface area contributed by atoms with Gasteiger partial charge in [-0.15, -0.1) is 0 Å². The topological polar surface area (TPSA) is 65.2 Å². The summed E-state index contributed by atoms with van der Waals surface area (Å²) >= 11 is 0. The highest BCUT2D eigenvalue weighted by Crippen LogP contribution is 2.40. The summed E-state index contributed by atoms with van der Waals surface area (Å²) in [4.78, 5) is 13.3. The lowest BCUT2D eigenvalue weighted by Gasteiger charge is -2.43. The fraction of sp³-hybridized carbons (Fsp3) is 0.960. The molecule has 0 bridgehead atoms. The average molecular weight is 417 g/mol. The second kappa shape index (κ2) is 9.07. The molecule has 0 aromatic carbocycles. The first-order valence-corrected chi connectivity index (χ1v) is 13.1. The van der Waals surface area contributed by atoms with Crippen LogP contribution in [0.3, 0.4) is 0 Å². The van der Waals surface area contributed by atoms with Crippen LogP contribution < -0.4 is 21.3 Å². The highest BCUT2D eigenvalue weighted by atomic mass is 16.2. The minimum Gasteiger partial charge on any atom is -0.350 e. The van der Waals surface area contributed by atoms with Crippen LogP contribution in [-0.4, -0.2) is 49.7 Å². The predicted octanol–water partition coefficient (Wildman–Crippen LogP) is 2.66. The van der Waals surface area contributed by atoms with Gasteiger partial charge in [0, 0.05) is 18.1 Å². The van der Waals surface area contributed by atoms with Crippen LogP contribution >= 0.6 is 0 Å². The third-order valence-corrected chi connectivity index (χ3v) is 9.33. The summed E-state index contributed by atoms with van der Waals surface area (Å²) in [5.74, 6) is 4.64.